The number of rotatable bonds is 6. The summed E-state index contributed by atoms with van der Waals surface area (Å²) in [6, 6.07) is 1.34. The summed E-state index contributed by atoms with van der Waals surface area (Å²) in [5.41, 5.74) is 6.31. The Balaban J connectivity index is 2.11. The fraction of sp³-hybridized carbons (Fsp3) is 0.567. The van der Waals surface area contributed by atoms with E-state index in [9.17, 15) is 34.8 Å². The average Bonchev–Trinajstić information content (AvgIpc) is 2.91. The Hall–Kier alpha value is -3.45. The number of nitrogens with one attached hydrogen (secondary N) is 1. The number of nitrogens with two attached hydrogens (primary N) is 1. The van der Waals surface area contributed by atoms with Crippen LogP contribution in [-0.4, -0.2) is 114 Å². The molecule has 2 aliphatic rings. The predicted octanol–water partition coefficient (Wildman–Crippen LogP) is 1.15. The number of aliphatic hydroxyl groups excluding tert-OH is 3. The summed E-state index contributed by atoms with van der Waals surface area (Å²) in [5.74, 6) is -5.30. The number of hydrogen-bond acceptors (Lipinski definition) is 11. The van der Waals surface area contributed by atoms with Gasteiger partial charge in [-0.2, -0.15) is 0 Å². The molecule has 1 aliphatic carbocycles. The Morgan fingerprint density at radius 3 is 2.29 bits per heavy atom. The number of Topliss-reactive ketones (excluding diaryl/α,β-unsaturated/α-hetero) is 1. The summed E-state index contributed by atoms with van der Waals surface area (Å²) in [5, 5.41) is 47.1. The lowest BCUT2D eigenvalue weighted by Gasteiger charge is -2.30. The molecule has 0 aromatic heterocycles. The minimum absolute atomic E-state index is 0.0256. The van der Waals surface area contributed by atoms with E-state index in [2.05, 4.69) is 17.3 Å². The summed E-state index contributed by atoms with van der Waals surface area (Å²) >= 11 is 0. The smallest absolute Gasteiger partial charge is 0.255 e. The number of aromatic hydroxyl groups is 1. The molecule has 232 valence electrons. The number of carbonyl (C=O) groups is 3. The van der Waals surface area contributed by atoms with Crippen LogP contribution in [0.4, 0.5) is 5.69 Å². The van der Waals surface area contributed by atoms with Gasteiger partial charge in [0.1, 0.15) is 22.8 Å². The molecule has 42 heavy (non-hydrogen) atoms. The van der Waals surface area contributed by atoms with Crippen molar-refractivity contribution in [3.8, 4) is 5.75 Å². The standard InChI is InChI=1S/C30H45N5O7/c1-33(2)20-9-7-6-8-19-21(34(3)4)14-17(16-32-18-10-12-35(5)13-11-18)26(38)24(19)22(36)15-23(37)28(40)29(41)25(27(20)39)30(31)42/h14-15,18,20,28,32,37-40H,6-13,16H2,1-5H3,(H2,31,42)/b23-15-,27-25-/t20?,28-/m0/s1. The first-order valence-corrected chi connectivity index (χ1v) is 14.3. The van der Waals surface area contributed by atoms with Crippen LogP contribution in [0.25, 0.3) is 0 Å². The Morgan fingerprint density at radius 2 is 1.71 bits per heavy atom. The Labute approximate surface area is 247 Å². The zero-order chi connectivity index (χ0) is 31.3. The zero-order valence-corrected chi connectivity index (χ0v) is 25.2. The molecule has 1 unspecified atom stereocenters. The maximum Gasteiger partial charge on any atom is 0.255 e. The van der Waals surface area contributed by atoms with Gasteiger partial charge < -0.3 is 41.3 Å². The number of ketones is 2. The highest BCUT2D eigenvalue weighted by Crippen LogP contribution is 2.36. The monoisotopic (exact) mass is 587 g/mol. The van der Waals surface area contributed by atoms with Crippen LogP contribution in [0, 0.1) is 0 Å². The number of anilines is 1. The number of carbonyl (C=O) groups excluding carboxylic acids is 3. The number of aliphatic hydroxyl groups is 3. The van der Waals surface area contributed by atoms with Gasteiger partial charge in [0.15, 0.2) is 11.9 Å². The molecule has 1 fully saturated rings. The van der Waals surface area contributed by atoms with E-state index in [1.807, 2.05) is 25.1 Å². The fourth-order valence-corrected chi connectivity index (χ4v) is 5.65. The lowest BCUT2D eigenvalue weighted by Crippen LogP contribution is -2.40. The average molecular weight is 588 g/mol. The highest BCUT2D eigenvalue weighted by Gasteiger charge is 2.34. The molecule has 0 bridgehead atoms. The van der Waals surface area contributed by atoms with Crippen molar-refractivity contribution in [1.82, 2.24) is 15.1 Å². The topological polar surface area (TPSA) is 180 Å². The van der Waals surface area contributed by atoms with E-state index < -0.39 is 46.7 Å². The number of phenols is 1. The van der Waals surface area contributed by atoms with Gasteiger partial charge in [-0.1, -0.05) is 6.42 Å². The highest BCUT2D eigenvalue weighted by molar-refractivity contribution is 6.21. The fourth-order valence-electron chi connectivity index (χ4n) is 5.65. The number of amides is 1. The summed E-state index contributed by atoms with van der Waals surface area (Å²) in [4.78, 5) is 44.6. The number of piperidine rings is 1. The van der Waals surface area contributed by atoms with Crippen LogP contribution in [-0.2, 0) is 22.6 Å². The first-order chi connectivity index (χ1) is 19.7. The van der Waals surface area contributed by atoms with Crippen molar-refractivity contribution in [1.29, 1.82) is 0 Å². The Kier molecular flexibility index (Phi) is 11.1. The Morgan fingerprint density at radius 1 is 1.07 bits per heavy atom. The van der Waals surface area contributed by atoms with Crippen LogP contribution in [0.15, 0.2) is 29.2 Å². The number of fused-ring (bicyclic) bond motifs is 1. The third-order valence-electron chi connectivity index (χ3n) is 8.14. The second-order valence-corrected chi connectivity index (χ2v) is 11.7. The molecule has 2 atom stereocenters. The summed E-state index contributed by atoms with van der Waals surface area (Å²) in [6.07, 6.45) is 2.02. The number of phenolic OH excluding ortho intramolecular Hbond substituents is 1. The van der Waals surface area contributed by atoms with Gasteiger partial charge in [-0.15, -0.1) is 0 Å². The summed E-state index contributed by atoms with van der Waals surface area (Å²) in [7, 11) is 9.08. The van der Waals surface area contributed by atoms with Crippen molar-refractivity contribution in [2.24, 2.45) is 5.73 Å². The number of likely N-dealkylation sites (tertiary alicyclic amines) is 1. The van der Waals surface area contributed by atoms with Gasteiger partial charge >= 0.3 is 0 Å². The minimum Gasteiger partial charge on any atom is -0.510 e. The number of hydrogen-bond donors (Lipinski definition) is 6. The van der Waals surface area contributed by atoms with Gasteiger partial charge in [0.25, 0.3) is 5.91 Å². The molecular weight excluding hydrogens is 542 g/mol. The lowest BCUT2D eigenvalue weighted by molar-refractivity contribution is -0.126. The number of likely N-dealkylation sites (N-methyl/N-ethyl adjacent to an activating group) is 1. The lowest BCUT2D eigenvalue weighted by atomic mass is 9.90. The van der Waals surface area contributed by atoms with Crippen molar-refractivity contribution >= 4 is 23.2 Å². The van der Waals surface area contributed by atoms with E-state index in [1.54, 1.807) is 19.0 Å². The van der Waals surface area contributed by atoms with Crippen molar-refractivity contribution in [2.45, 2.75) is 63.3 Å². The molecule has 0 spiro atoms. The molecule has 3 rings (SSSR count). The Bertz CT molecular complexity index is 1250. The van der Waals surface area contributed by atoms with Gasteiger partial charge in [-0.25, -0.2) is 0 Å². The van der Waals surface area contributed by atoms with Gasteiger partial charge in [0.05, 0.1) is 11.6 Å². The number of primary amides is 1. The second kappa shape index (κ2) is 14.1. The first-order valence-electron chi connectivity index (χ1n) is 14.3. The van der Waals surface area contributed by atoms with Crippen molar-refractivity contribution in [2.75, 3.05) is 53.2 Å². The van der Waals surface area contributed by atoms with E-state index in [0.717, 1.165) is 31.6 Å². The maximum atomic E-state index is 13.6. The molecule has 1 saturated heterocycles. The third kappa shape index (κ3) is 7.49. The molecule has 12 heteroatoms. The predicted molar refractivity (Wildman–Crippen MR) is 160 cm³/mol. The van der Waals surface area contributed by atoms with E-state index in [1.165, 1.54) is 0 Å². The highest BCUT2D eigenvalue weighted by atomic mass is 16.3. The SMILES string of the molecule is CN1CCC(NCc2cc(N(C)C)c3c(c2O)C(=O)/C=C(\O)[C@H](O)C(=O)/C(C(N)=O)=C(/O)C(N(C)C)CCCC3)CC1. The van der Waals surface area contributed by atoms with E-state index >= 15 is 0 Å². The van der Waals surface area contributed by atoms with Crippen LogP contribution in [0.1, 0.15) is 53.6 Å². The molecule has 0 saturated carbocycles. The van der Waals surface area contributed by atoms with Gasteiger partial charge in [0, 0.05) is 44.0 Å². The van der Waals surface area contributed by atoms with Crippen molar-refractivity contribution < 1.29 is 34.8 Å². The van der Waals surface area contributed by atoms with Crippen molar-refractivity contribution in [3.05, 3.63) is 45.9 Å². The largest absolute Gasteiger partial charge is 0.510 e. The van der Waals surface area contributed by atoms with Crippen LogP contribution in [0.3, 0.4) is 0 Å². The molecular formula is C30H45N5O7. The number of allylic oxidation sites excluding steroid dienone is 1. The number of nitrogens with zero attached hydrogens (tertiary/aromatic N) is 3. The molecule has 1 heterocycles. The molecule has 1 aromatic carbocycles. The first kappa shape index (κ1) is 33.1. The second-order valence-electron chi connectivity index (χ2n) is 11.7. The molecule has 0 radical (unpaired) electrons. The van der Waals surface area contributed by atoms with E-state index in [0.29, 0.717) is 49.4 Å². The van der Waals surface area contributed by atoms with Crippen LogP contribution in [0.5, 0.6) is 5.75 Å². The molecule has 1 amide bonds. The van der Waals surface area contributed by atoms with E-state index in [-0.39, 0.29) is 17.4 Å². The third-order valence-corrected chi connectivity index (χ3v) is 8.14. The van der Waals surface area contributed by atoms with Crippen molar-refractivity contribution in [3.63, 3.8) is 0 Å². The molecule has 7 N–H and O–H groups in total. The number of benzene rings is 1. The summed E-state index contributed by atoms with van der Waals surface area (Å²) < 4.78 is 0. The van der Waals surface area contributed by atoms with E-state index in [4.69, 9.17) is 5.73 Å². The summed E-state index contributed by atoms with van der Waals surface area (Å²) in [6.45, 7) is 2.23. The molecule has 12 nitrogen and oxygen atoms in total. The van der Waals surface area contributed by atoms with Gasteiger partial charge in [-0.3, -0.25) is 19.3 Å². The molecule has 1 aliphatic heterocycles. The van der Waals surface area contributed by atoms with Gasteiger partial charge in [-0.05, 0) is 78.0 Å². The zero-order valence-electron chi connectivity index (χ0n) is 25.2. The van der Waals surface area contributed by atoms with Crippen LogP contribution in [0.2, 0.25) is 0 Å². The quantitative estimate of drug-likeness (QED) is 0.263. The normalized spacial score (nSPS) is 25.1. The molecule has 1 aromatic rings. The van der Waals surface area contributed by atoms with Gasteiger partial charge in [0.2, 0.25) is 5.78 Å². The van der Waals surface area contributed by atoms with Crippen LogP contribution >= 0.6 is 0 Å². The maximum absolute atomic E-state index is 13.6. The van der Waals surface area contributed by atoms with Crippen LogP contribution < -0.4 is 16.0 Å². The minimum atomic E-state index is -2.34.